The SMILES string of the molecule is CCC(C)(Cc1cc(Br)no1)C(=O)c1sc(N)cc1C. The molecular weight excluding hydrogens is 340 g/mol. The quantitative estimate of drug-likeness (QED) is 0.813. The Balaban J connectivity index is 2.30. The molecule has 0 amide bonds. The van der Waals surface area contributed by atoms with Gasteiger partial charge in [-0.3, -0.25) is 4.79 Å². The van der Waals surface area contributed by atoms with E-state index >= 15 is 0 Å². The molecule has 0 aliphatic heterocycles. The summed E-state index contributed by atoms with van der Waals surface area (Å²) in [6, 6.07) is 3.65. The van der Waals surface area contributed by atoms with Crippen molar-refractivity contribution in [2.24, 2.45) is 5.41 Å². The van der Waals surface area contributed by atoms with Crippen LogP contribution in [0.15, 0.2) is 21.3 Å². The van der Waals surface area contributed by atoms with E-state index in [1.807, 2.05) is 26.8 Å². The van der Waals surface area contributed by atoms with Crippen LogP contribution in [0, 0.1) is 12.3 Å². The van der Waals surface area contributed by atoms with Gasteiger partial charge in [-0.05, 0) is 40.9 Å². The van der Waals surface area contributed by atoms with Gasteiger partial charge in [-0.25, -0.2) is 0 Å². The summed E-state index contributed by atoms with van der Waals surface area (Å²) in [4.78, 5) is 13.6. The molecule has 1 unspecified atom stereocenters. The van der Waals surface area contributed by atoms with E-state index < -0.39 is 5.41 Å². The molecule has 0 aromatic carbocycles. The molecular formula is C14H17BrN2O2S. The summed E-state index contributed by atoms with van der Waals surface area (Å²) in [5.74, 6) is 0.823. The monoisotopic (exact) mass is 356 g/mol. The van der Waals surface area contributed by atoms with Gasteiger partial charge in [0.05, 0.1) is 9.88 Å². The normalized spacial score (nSPS) is 14.2. The lowest BCUT2D eigenvalue weighted by Crippen LogP contribution is -2.29. The van der Waals surface area contributed by atoms with Crippen molar-refractivity contribution in [3.8, 4) is 0 Å². The van der Waals surface area contributed by atoms with E-state index in [0.717, 1.165) is 16.9 Å². The molecule has 2 rings (SSSR count). The van der Waals surface area contributed by atoms with Crippen LogP contribution in [0.5, 0.6) is 0 Å². The Bertz CT molecular complexity index is 635. The van der Waals surface area contributed by atoms with Gasteiger partial charge < -0.3 is 10.3 Å². The van der Waals surface area contributed by atoms with Crippen LogP contribution < -0.4 is 5.73 Å². The van der Waals surface area contributed by atoms with Crippen LogP contribution in [0.25, 0.3) is 0 Å². The first-order chi connectivity index (χ1) is 9.35. The number of hydrogen-bond acceptors (Lipinski definition) is 5. The number of hydrogen-bond donors (Lipinski definition) is 1. The van der Waals surface area contributed by atoms with Gasteiger partial charge in [-0.2, -0.15) is 0 Å². The Hall–Kier alpha value is -1.14. The number of nitrogens with zero attached hydrogens (tertiary/aromatic N) is 1. The smallest absolute Gasteiger partial charge is 0.179 e. The standard InChI is InChI=1S/C14H17BrN2O2S/c1-4-14(3,7-9-6-10(15)17-19-9)13(18)12-8(2)5-11(16)20-12/h5-6H,4,7,16H2,1-3H3. The molecule has 0 fully saturated rings. The highest BCUT2D eigenvalue weighted by atomic mass is 79.9. The minimum atomic E-state index is -0.513. The van der Waals surface area contributed by atoms with Gasteiger partial charge in [-0.15, -0.1) is 11.3 Å². The van der Waals surface area contributed by atoms with Crippen LogP contribution in [0.3, 0.4) is 0 Å². The Kier molecular flexibility index (Phi) is 4.34. The van der Waals surface area contributed by atoms with Gasteiger partial charge >= 0.3 is 0 Å². The molecule has 20 heavy (non-hydrogen) atoms. The zero-order chi connectivity index (χ0) is 14.9. The molecule has 0 saturated heterocycles. The van der Waals surface area contributed by atoms with Gasteiger partial charge in [0.25, 0.3) is 0 Å². The first-order valence-corrected chi connectivity index (χ1v) is 7.98. The highest BCUT2D eigenvalue weighted by Gasteiger charge is 2.35. The van der Waals surface area contributed by atoms with Crippen LogP contribution in [0.1, 0.15) is 41.3 Å². The van der Waals surface area contributed by atoms with Gasteiger partial charge in [0.15, 0.2) is 5.78 Å². The lowest BCUT2D eigenvalue weighted by molar-refractivity contribution is 0.0801. The topological polar surface area (TPSA) is 69.1 Å². The van der Waals surface area contributed by atoms with Gasteiger partial charge in [-0.1, -0.05) is 19.0 Å². The fourth-order valence-corrected chi connectivity index (χ4v) is 3.49. The number of carbonyl (C=O) groups excluding carboxylic acids is 1. The minimum absolute atomic E-state index is 0.117. The molecule has 0 aliphatic rings. The number of aryl methyl sites for hydroxylation is 1. The summed E-state index contributed by atoms with van der Waals surface area (Å²) in [5.41, 5.74) is 6.22. The highest BCUT2D eigenvalue weighted by molar-refractivity contribution is 9.10. The number of aromatic nitrogens is 1. The second-order valence-corrected chi connectivity index (χ2v) is 7.09. The van der Waals surface area contributed by atoms with Crippen LogP contribution in [-0.2, 0) is 6.42 Å². The zero-order valence-electron chi connectivity index (χ0n) is 11.7. The van der Waals surface area contributed by atoms with Crippen molar-refractivity contribution in [2.45, 2.75) is 33.6 Å². The van der Waals surface area contributed by atoms with E-state index in [2.05, 4.69) is 21.1 Å². The summed E-state index contributed by atoms with van der Waals surface area (Å²) in [7, 11) is 0. The molecule has 2 heterocycles. The summed E-state index contributed by atoms with van der Waals surface area (Å²) in [6.07, 6.45) is 1.25. The summed E-state index contributed by atoms with van der Waals surface area (Å²) >= 11 is 4.61. The maximum atomic E-state index is 12.8. The van der Waals surface area contributed by atoms with Crippen LogP contribution in [0.2, 0.25) is 0 Å². The largest absolute Gasteiger partial charge is 0.391 e. The van der Waals surface area contributed by atoms with Gasteiger partial charge in [0.2, 0.25) is 0 Å². The number of rotatable bonds is 5. The van der Waals surface area contributed by atoms with Gasteiger partial charge in [0, 0.05) is 17.9 Å². The third kappa shape index (κ3) is 2.96. The van der Waals surface area contributed by atoms with E-state index in [0.29, 0.717) is 21.8 Å². The van der Waals surface area contributed by atoms with Crippen LogP contribution in [0.4, 0.5) is 5.00 Å². The molecule has 108 valence electrons. The fraction of sp³-hybridized carbons (Fsp3) is 0.429. The third-order valence-electron chi connectivity index (χ3n) is 3.57. The van der Waals surface area contributed by atoms with Crippen molar-refractivity contribution in [1.82, 2.24) is 5.16 Å². The van der Waals surface area contributed by atoms with Crippen molar-refractivity contribution in [2.75, 3.05) is 5.73 Å². The second kappa shape index (κ2) is 5.69. The first-order valence-electron chi connectivity index (χ1n) is 6.37. The summed E-state index contributed by atoms with van der Waals surface area (Å²) < 4.78 is 5.86. The average molecular weight is 357 g/mol. The molecule has 1 atom stereocenters. The summed E-state index contributed by atoms with van der Waals surface area (Å²) in [5, 5.41) is 4.47. The number of ketones is 1. The molecule has 0 radical (unpaired) electrons. The van der Waals surface area contributed by atoms with Crippen LogP contribution in [-0.4, -0.2) is 10.9 Å². The number of nitrogen functional groups attached to an aromatic ring is 1. The molecule has 2 aromatic heterocycles. The van der Waals surface area contributed by atoms with E-state index in [1.54, 1.807) is 6.07 Å². The predicted octanol–water partition coefficient (Wildman–Crippen LogP) is 4.23. The van der Waals surface area contributed by atoms with Crippen molar-refractivity contribution in [3.05, 3.63) is 32.9 Å². The molecule has 0 bridgehead atoms. The number of halogens is 1. The first kappa shape index (κ1) is 15.3. The average Bonchev–Trinajstić information content (AvgIpc) is 2.94. The molecule has 2 N–H and O–H groups in total. The van der Waals surface area contributed by atoms with Crippen molar-refractivity contribution in [3.63, 3.8) is 0 Å². The number of thiophene rings is 1. The molecule has 6 heteroatoms. The molecule has 2 aromatic rings. The molecule has 0 spiro atoms. The Morgan fingerprint density at radius 2 is 2.25 bits per heavy atom. The van der Waals surface area contributed by atoms with E-state index in [-0.39, 0.29) is 5.78 Å². The van der Waals surface area contributed by atoms with Crippen molar-refractivity contribution >= 4 is 38.1 Å². The lowest BCUT2D eigenvalue weighted by atomic mass is 9.78. The highest BCUT2D eigenvalue weighted by Crippen LogP contribution is 2.36. The van der Waals surface area contributed by atoms with E-state index in [9.17, 15) is 4.79 Å². The maximum Gasteiger partial charge on any atom is 0.179 e. The molecule has 0 saturated carbocycles. The van der Waals surface area contributed by atoms with Crippen molar-refractivity contribution < 1.29 is 9.32 Å². The fourth-order valence-electron chi connectivity index (χ4n) is 2.13. The van der Waals surface area contributed by atoms with Crippen molar-refractivity contribution in [1.29, 1.82) is 0 Å². The van der Waals surface area contributed by atoms with E-state index in [4.69, 9.17) is 10.3 Å². The zero-order valence-corrected chi connectivity index (χ0v) is 14.1. The minimum Gasteiger partial charge on any atom is -0.391 e. The van der Waals surface area contributed by atoms with Crippen LogP contribution >= 0.6 is 27.3 Å². The second-order valence-electron chi connectivity index (χ2n) is 5.20. The lowest BCUT2D eigenvalue weighted by Gasteiger charge is -2.25. The predicted molar refractivity (Wildman–Crippen MR) is 84.1 cm³/mol. The number of anilines is 1. The number of nitrogens with two attached hydrogens (primary N) is 1. The van der Waals surface area contributed by atoms with Gasteiger partial charge in [0.1, 0.15) is 10.4 Å². The maximum absolute atomic E-state index is 12.8. The Labute approximate surface area is 130 Å². The Morgan fingerprint density at radius 1 is 1.55 bits per heavy atom. The molecule has 0 aliphatic carbocycles. The third-order valence-corrected chi connectivity index (χ3v) is 5.00. The summed E-state index contributed by atoms with van der Waals surface area (Å²) in [6.45, 7) is 5.89. The Morgan fingerprint density at radius 3 is 2.70 bits per heavy atom. The number of Topliss-reactive ketones (excluding diaryl/α,β-unsaturated/α-hetero) is 1. The number of carbonyl (C=O) groups is 1. The van der Waals surface area contributed by atoms with E-state index in [1.165, 1.54) is 11.3 Å². The molecule has 4 nitrogen and oxygen atoms in total.